The molecule has 1 aliphatic rings. The monoisotopic (exact) mass is 334 g/mol. The quantitative estimate of drug-likeness (QED) is 0.737. The lowest BCUT2D eigenvalue weighted by Gasteiger charge is -2.35. The zero-order valence-corrected chi connectivity index (χ0v) is 14.4. The van der Waals surface area contributed by atoms with E-state index < -0.39 is 0 Å². The topological polar surface area (TPSA) is 40.9 Å². The molecule has 128 valence electrons. The fourth-order valence-corrected chi connectivity index (χ4v) is 3.41. The number of nitrogens with zero attached hydrogens (tertiary/aromatic N) is 4. The highest BCUT2D eigenvalue weighted by atomic mass is 16.1. The lowest BCUT2D eigenvalue weighted by Crippen LogP contribution is -2.46. The number of aryl methyl sites for hydroxylation is 1. The van der Waals surface area contributed by atoms with Gasteiger partial charge in [-0.05, 0) is 24.6 Å². The van der Waals surface area contributed by atoms with Gasteiger partial charge in [0, 0.05) is 45.0 Å². The molecule has 0 unspecified atom stereocenters. The Morgan fingerprint density at radius 3 is 2.64 bits per heavy atom. The fourth-order valence-electron chi connectivity index (χ4n) is 3.41. The van der Waals surface area contributed by atoms with Crippen molar-refractivity contribution in [3.63, 3.8) is 0 Å². The molecule has 1 saturated heterocycles. The van der Waals surface area contributed by atoms with Crippen LogP contribution in [0.25, 0.3) is 5.65 Å². The summed E-state index contributed by atoms with van der Waals surface area (Å²) in [6.07, 6.45) is 1.76. The van der Waals surface area contributed by atoms with E-state index in [2.05, 4.69) is 46.0 Å². The predicted molar refractivity (Wildman–Crippen MR) is 100 cm³/mol. The van der Waals surface area contributed by atoms with Crippen LogP contribution < -0.4 is 10.5 Å². The first kappa shape index (κ1) is 15.8. The Morgan fingerprint density at radius 2 is 1.84 bits per heavy atom. The van der Waals surface area contributed by atoms with Gasteiger partial charge in [-0.3, -0.25) is 14.1 Å². The zero-order valence-electron chi connectivity index (χ0n) is 14.4. The first-order valence-corrected chi connectivity index (χ1v) is 8.70. The molecule has 0 radical (unpaired) electrons. The van der Waals surface area contributed by atoms with E-state index in [1.54, 1.807) is 16.7 Å². The SMILES string of the molecule is Cc1cccc(CN2CCN(c3cc(=O)n4ccccc4n3)CC2)c1. The molecule has 0 amide bonds. The molecule has 25 heavy (non-hydrogen) atoms. The van der Waals surface area contributed by atoms with Crippen LogP contribution in [0.5, 0.6) is 0 Å². The number of aromatic nitrogens is 2. The van der Waals surface area contributed by atoms with Crippen LogP contribution in [-0.2, 0) is 6.54 Å². The molecule has 4 rings (SSSR count). The van der Waals surface area contributed by atoms with E-state index in [-0.39, 0.29) is 5.56 Å². The molecule has 0 bridgehead atoms. The summed E-state index contributed by atoms with van der Waals surface area (Å²) in [4.78, 5) is 21.6. The van der Waals surface area contributed by atoms with Gasteiger partial charge in [0.2, 0.25) is 0 Å². The Kier molecular flexibility index (Phi) is 4.24. The van der Waals surface area contributed by atoms with E-state index in [1.165, 1.54) is 11.1 Å². The molecule has 1 fully saturated rings. The maximum atomic E-state index is 12.3. The third kappa shape index (κ3) is 3.42. The second kappa shape index (κ2) is 6.69. The summed E-state index contributed by atoms with van der Waals surface area (Å²) in [5, 5.41) is 0. The number of benzene rings is 1. The molecule has 5 nitrogen and oxygen atoms in total. The molecule has 3 heterocycles. The van der Waals surface area contributed by atoms with Crippen molar-refractivity contribution in [2.45, 2.75) is 13.5 Å². The van der Waals surface area contributed by atoms with Crippen molar-refractivity contribution in [1.82, 2.24) is 14.3 Å². The molecule has 5 heteroatoms. The number of hydrogen-bond acceptors (Lipinski definition) is 4. The minimum atomic E-state index is -0.0252. The molecule has 1 aliphatic heterocycles. The average molecular weight is 334 g/mol. The van der Waals surface area contributed by atoms with Gasteiger partial charge in [-0.25, -0.2) is 4.98 Å². The molecule has 3 aromatic rings. The van der Waals surface area contributed by atoms with Gasteiger partial charge >= 0.3 is 0 Å². The van der Waals surface area contributed by atoms with E-state index in [0.717, 1.165) is 38.5 Å². The van der Waals surface area contributed by atoms with Gasteiger partial charge in [-0.1, -0.05) is 35.9 Å². The van der Waals surface area contributed by atoms with Gasteiger partial charge in [-0.15, -0.1) is 0 Å². The molecule has 0 N–H and O–H groups in total. The van der Waals surface area contributed by atoms with E-state index in [0.29, 0.717) is 5.65 Å². The van der Waals surface area contributed by atoms with Crippen LogP contribution in [0.15, 0.2) is 59.5 Å². The summed E-state index contributed by atoms with van der Waals surface area (Å²) in [7, 11) is 0. The summed E-state index contributed by atoms with van der Waals surface area (Å²) in [6, 6.07) is 16.0. The van der Waals surface area contributed by atoms with Crippen LogP contribution in [0, 0.1) is 6.92 Å². The van der Waals surface area contributed by atoms with Crippen molar-refractivity contribution < 1.29 is 0 Å². The minimum Gasteiger partial charge on any atom is -0.354 e. The standard InChI is InChI=1S/C20H22N4O/c1-16-5-4-6-17(13-16)15-22-9-11-23(12-10-22)19-14-20(25)24-8-3-2-7-18(24)21-19/h2-8,13-14H,9-12,15H2,1H3. The second-order valence-electron chi connectivity index (χ2n) is 6.63. The van der Waals surface area contributed by atoms with Gasteiger partial charge in [0.1, 0.15) is 11.5 Å². The van der Waals surface area contributed by atoms with Crippen molar-refractivity contribution >= 4 is 11.5 Å². The van der Waals surface area contributed by atoms with Crippen molar-refractivity contribution in [3.05, 3.63) is 76.2 Å². The van der Waals surface area contributed by atoms with Gasteiger partial charge in [0.25, 0.3) is 5.56 Å². The van der Waals surface area contributed by atoms with Crippen LogP contribution in [0.1, 0.15) is 11.1 Å². The van der Waals surface area contributed by atoms with Gasteiger partial charge in [0.05, 0.1) is 0 Å². The zero-order chi connectivity index (χ0) is 17.2. The number of anilines is 1. The number of pyridine rings is 1. The molecule has 0 aliphatic carbocycles. The Bertz CT molecular complexity index is 942. The molecular formula is C20H22N4O. The van der Waals surface area contributed by atoms with Crippen LogP contribution in [0.4, 0.5) is 5.82 Å². The molecule has 2 aromatic heterocycles. The second-order valence-corrected chi connectivity index (χ2v) is 6.63. The van der Waals surface area contributed by atoms with Crippen LogP contribution >= 0.6 is 0 Å². The summed E-state index contributed by atoms with van der Waals surface area (Å²) >= 11 is 0. The number of rotatable bonds is 3. The van der Waals surface area contributed by atoms with Gasteiger partial charge < -0.3 is 4.90 Å². The Balaban J connectivity index is 1.46. The average Bonchev–Trinajstić information content (AvgIpc) is 2.62. The lowest BCUT2D eigenvalue weighted by molar-refractivity contribution is 0.249. The molecular weight excluding hydrogens is 312 g/mol. The molecule has 1 aromatic carbocycles. The van der Waals surface area contributed by atoms with Crippen molar-refractivity contribution in [2.24, 2.45) is 0 Å². The molecule has 0 saturated carbocycles. The Morgan fingerprint density at radius 1 is 1.00 bits per heavy atom. The molecule has 0 spiro atoms. The third-order valence-electron chi connectivity index (χ3n) is 4.74. The van der Waals surface area contributed by atoms with Gasteiger partial charge in [0.15, 0.2) is 0 Å². The fraction of sp³-hybridized carbons (Fsp3) is 0.300. The van der Waals surface area contributed by atoms with E-state index in [4.69, 9.17) is 0 Å². The first-order chi connectivity index (χ1) is 12.2. The highest BCUT2D eigenvalue weighted by molar-refractivity contribution is 5.48. The third-order valence-corrected chi connectivity index (χ3v) is 4.74. The summed E-state index contributed by atoms with van der Waals surface area (Å²) in [6.45, 7) is 6.84. The first-order valence-electron chi connectivity index (χ1n) is 8.70. The Labute approximate surface area is 147 Å². The van der Waals surface area contributed by atoms with Crippen LogP contribution in [-0.4, -0.2) is 40.5 Å². The minimum absolute atomic E-state index is 0.0252. The number of fused-ring (bicyclic) bond motifs is 1. The summed E-state index contributed by atoms with van der Waals surface area (Å²) in [5.41, 5.74) is 3.34. The maximum Gasteiger partial charge on any atom is 0.259 e. The largest absolute Gasteiger partial charge is 0.354 e. The normalized spacial score (nSPS) is 15.6. The van der Waals surface area contributed by atoms with Crippen molar-refractivity contribution in [2.75, 3.05) is 31.1 Å². The highest BCUT2D eigenvalue weighted by Gasteiger charge is 2.19. The van der Waals surface area contributed by atoms with Crippen LogP contribution in [0.2, 0.25) is 0 Å². The Hall–Kier alpha value is -2.66. The predicted octanol–water partition coefficient (Wildman–Crippen LogP) is 2.33. The van der Waals surface area contributed by atoms with Crippen molar-refractivity contribution in [1.29, 1.82) is 0 Å². The van der Waals surface area contributed by atoms with E-state index >= 15 is 0 Å². The van der Waals surface area contributed by atoms with Gasteiger partial charge in [-0.2, -0.15) is 0 Å². The highest BCUT2D eigenvalue weighted by Crippen LogP contribution is 2.15. The smallest absolute Gasteiger partial charge is 0.259 e. The van der Waals surface area contributed by atoms with E-state index in [9.17, 15) is 4.79 Å². The lowest BCUT2D eigenvalue weighted by atomic mass is 10.1. The van der Waals surface area contributed by atoms with Crippen molar-refractivity contribution in [3.8, 4) is 0 Å². The van der Waals surface area contributed by atoms with Crippen LogP contribution in [0.3, 0.4) is 0 Å². The summed E-state index contributed by atoms with van der Waals surface area (Å²) in [5.74, 6) is 0.784. The molecule has 0 atom stereocenters. The number of piperazine rings is 1. The number of hydrogen-bond donors (Lipinski definition) is 0. The maximum absolute atomic E-state index is 12.3. The summed E-state index contributed by atoms with van der Waals surface area (Å²) < 4.78 is 1.58. The van der Waals surface area contributed by atoms with E-state index in [1.807, 2.05) is 18.2 Å².